The first-order valence-electron chi connectivity index (χ1n) is 6.24. The lowest BCUT2D eigenvalue weighted by Gasteiger charge is -2.12. The Kier molecular flexibility index (Phi) is 4.40. The van der Waals surface area contributed by atoms with E-state index in [1.807, 2.05) is 6.92 Å². The number of hydrogen-bond donors (Lipinski definition) is 1. The average molecular weight is 293 g/mol. The van der Waals surface area contributed by atoms with E-state index in [2.05, 4.69) is 0 Å². The summed E-state index contributed by atoms with van der Waals surface area (Å²) in [6.45, 7) is 1.81. The van der Waals surface area contributed by atoms with E-state index in [1.165, 1.54) is 6.07 Å². The van der Waals surface area contributed by atoms with Crippen LogP contribution in [0.5, 0.6) is 0 Å². The molecule has 0 radical (unpaired) electrons. The van der Waals surface area contributed by atoms with Crippen molar-refractivity contribution in [3.63, 3.8) is 0 Å². The van der Waals surface area contributed by atoms with Gasteiger partial charge in [0.25, 0.3) is 0 Å². The van der Waals surface area contributed by atoms with Crippen molar-refractivity contribution in [3.05, 3.63) is 58.9 Å². The van der Waals surface area contributed by atoms with Gasteiger partial charge in [-0.2, -0.15) is 0 Å². The molecule has 0 aliphatic carbocycles. The molecule has 1 N–H and O–H groups in total. The minimum Gasteiger partial charge on any atom is -0.481 e. The molecule has 4 heteroatoms. The van der Waals surface area contributed by atoms with Crippen LogP contribution in [0.15, 0.2) is 42.5 Å². The fourth-order valence-corrected chi connectivity index (χ4v) is 2.21. The largest absolute Gasteiger partial charge is 0.481 e. The van der Waals surface area contributed by atoms with Gasteiger partial charge in [0.15, 0.2) is 0 Å². The Hall–Kier alpha value is -1.87. The van der Waals surface area contributed by atoms with Gasteiger partial charge in [-0.3, -0.25) is 4.79 Å². The number of rotatable bonds is 4. The van der Waals surface area contributed by atoms with Crippen LogP contribution in [-0.4, -0.2) is 11.1 Å². The molecule has 1 atom stereocenters. The quantitative estimate of drug-likeness (QED) is 0.885. The highest BCUT2D eigenvalue weighted by atomic mass is 35.5. The Morgan fingerprint density at radius 3 is 2.50 bits per heavy atom. The topological polar surface area (TPSA) is 37.3 Å². The molecule has 0 saturated heterocycles. The van der Waals surface area contributed by atoms with Crippen molar-refractivity contribution in [2.45, 2.75) is 19.3 Å². The lowest BCUT2D eigenvalue weighted by molar-refractivity contribution is -0.137. The average Bonchev–Trinajstić information content (AvgIpc) is 2.39. The Morgan fingerprint density at radius 1 is 1.25 bits per heavy atom. The standard InChI is InChI=1S/C16H14ClFO2/c1-10(8-16(19)20)12-4-7-15(18)14(9-12)11-2-5-13(17)6-3-11/h2-7,9-10H,8H2,1H3,(H,19,20). The molecule has 0 spiro atoms. The fourth-order valence-electron chi connectivity index (χ4n) is 2.08. The second kappa shape index (κ2) is 6.06. The van der Waals surface area contributed by atoms with Crippen LogP contribution in [0.25, 0.3) is 11.1 Å². The van der Waals surface area contributed by atoms with Gasteiger partial charge in [0, 0.05) is 10.6 Å². The monoisotopic (exact) mass is 292 g/mol. The van der Waals surface area contributed by atoms with Gasteiger partial charge >= 0.3 is 5.97 Å². The lowest BCUT2D eigenvalue weighted by Crippen LogP contribution is -2.03. The predicted molar refractivity (Wildman–Crippen MR) is 77.5 cm³/mol. The molecule has 0 aromatic heterocycles. The van der Waals surface area contributed by atoms with Crippen molar-refractivity contribution in [3.8, 4) is 11.1 Å². The molecule has 1 unspecified atom stereocenters. The van der Waals surface area contributed by atoms with Crippen molar-refractivity contribution >= 4 is 17.6 Å². The van der Waals surface area contributed by atoms with Crippen molar-refractivity contribution in [1.82, 2.24) is 0 Å². The summed E-state index contributed by atoms with van der Waals surface area (Å²) in [7, 11) is 0. The maximum Gasteiger partial charge on any atom is 0.303 e. The van der Waals surface area contributed by atoms with E-state index in [4.69, 9.17) is 16.7 Å². The van der Waals surface area contributed by atoms with Gasteiger partial charge in [-0.1, -0.05) is 36.7 Å². The summed E-state index contributed by atoms with van der Waals surface area (Å²) in [6.07, 6.45) is 0.0195. The van der Waals surface area contributed by atoms with E-state index < -0.39 is 5.97 Å². The van der Waals surface area contributed by atoms with Gasteiger partial charge in [0.05, 0.1) is 6.42 Å². The van der Waals surface area contributed by atoms with Crippen molar-refractivity contribution in [1.29, 1.82) is 0 Å². The van der Waals surface area contributed by atoms with Gasteiger partial charge in [-0.25, -0.2) is 4.39 Å². The summed E-state index contributed by atoms with van der Waals surface area (Å²) in [4.78, 5) is 10.8. The maximum atomic E-state index is 13.9. The van der Waals surface area contributed by atoms with Crippen LogP contribution in [0.2, 0.25) is 5.02 Å². The van der Waals surface area contributed by atoms with E-state index >= 15 is 0 Å². The van der Waals surface area contributed by atoms with Crippen LogP contribution in [-0.2, 0) is 4.79 Å². The minimum atomic E-state index is -0.866. The third-order valence-corrected chi connectivity index (χ3v) is 3.45. The summed E-state index contributed by atoms with van der Waals surface area (Å²) < 4.78 is 13.9. The summed E-state index contributed by atoms with van der Waals surface area (Å²) >= 11 is 5.82. The smallest absolute Gasteiger partial charge is 0.303 e. The molecule has 2 aromatic carbocycles. The van der Waals surface area contributed by atoms with Crippen LogP contribution in [0.3, 0.4) is 0 Å². The van der Waals surface area contributed by atoms with Gasteiger partial charge in [-0.05, 0) is 41.3 Å². The highest BCUT2D eigenvalue weighted by Gasteiger charge is 2.13. The van der Waals surface area contributed by atoms with Crippen LogP contribution < -0.4 is 0 Å². The molecular weight excluding hydrogens is 279 g/mol. The minimum absolute atomic E-state index is 0.0195. The van der Waals surface area contributed by atoms with Crippen molar-refractivity contribution in [2.75, 3.05) is 0 Å². The van der Waals surface area contributed by atoms with Gasteiger partial charge in [0.2, 0.25) is 0 Å². The summed E-state index contributed by atoms with van der Waals surface area (Å²) in [5.41, 5.74) is 1.98. The highest BCUT2D eigenvalue weighted by Crippen LogP contribution is 2.29. The van der Waals surface area contributed by atoms with E-state index in [-0.39, 0.29) is 18.2 Å². The predicted octanol–water partition coefficient (Wildman–Crippen LogP) is 4.72. The van der Waals surface area contributed by atoms with Gasteiger partial charge in [-0.15, -0.1) is 0 Å². The zero-order valence-corrected chi connectivity index (χ0v) is 11.7. The van der Waals surface area contributed by atoms with Gasteiger partial charge < -0.3 is 5.11 Å². The number of aliphatic carboxylic acids is 1. The first-order valence-corrected chi connectivity index (χ1v) is 6.62. The summed E-state index contributed by atoms with van der Waals surface area (Å²) in [5, 5.41) is 9.42. The molecule has 0 fully saturated rings. The molecule has 0 amide bonds. The zero-order valence-electron chi connectivity index (χ0n) is 10.9. The number of benzene rings is 2. The van der Waals surface area contributed by atoms with Crippen molar-refractivity contribution in [2.24, 2.45) is 0 Å². The highest BCUT2D eigenvalue weighted by molar-refractivity contribution is 6.30. The van der Waals surface area contributed by atoms with Crippen LogP contribution >= 0.6 is 11.6 Å². The molecule has 2 nitrogen and oxygen atoms in total. The molecule has 20 heavy (non-hydrogen) atoms. The lowest BCUT2D eigenvalue weighted by atomic mass is 9.94. The van der Waals surface area contributed by atoms with Gasteiger partial charge in [0.1, 0.15) is 5.82 Å². The molecule has 0 bridgehead atoms. The molecule has 2 aromatic rings. The van der Waals surface area contributed by atoms with E-state index in [0.29, 0.717) is 10.6 Å². The molecule has 0 aliphatic heterocycles. The van der Waals surface area contributed by atoms with Crippen LogP contribution in [0, 0.1) is 5.82 Å². The SMILES string of the molecule is CC(CC(=O)O)c1ccc(F)c(-c2ccc(Cl)cc2)c1. The number of carboxylic acid groups (broad SMARTS) is 1. The Balaban J connectivity index is 2.38. The normalized spacial score (nSPS) is 12.2. The molecule has 2 rings (SSSR count). The third-order valence-electron chi connectivity index (χ3n) is 3.20. The maximum absolute atomic E-state index is 13.9. The molecule has 0 aliphatic rings. The first kappa shape index (κ1) is 14.5. The van der Waals surface area contributed by atoms with Crippen LogP contribution in [0.1, 0.15) is 24.8 Å². The molecular formula is C16H14ClFO2. The summed E-state index contributed by atoms with van der Waals surface area (Å²) in [5.74, 6) is -1.37. The number of hydrogen-bond acceptors (Lipinski definition) is 1. The van der Waals surface area contributed by atoms with E-state index in [9.17, 15) is 9.18 Å². The van der Waals surface area contributed by atoms with E-state index in [0.717, 1.165) is 11.1 Å². The number of carbonyl (C=O) groups is 1. The second-order valence-electron chi connectivity index (χ2n) is 4.75. The molecule has 0 saturated carbocycles. The Bertz CT molecular complexity index is 623. The molecule has 0 heterocycles. The second-order valence-corrected chi connectivity index (χ2v) is 5.18. The number of halogens is 2. The van der Waals surface area contributed by atoms with E-state index in [1.54, 1.807) is 36.4 Å². The Morgan fingerprint density at radius 2 is 1.90 bits per heavy atom. The zero-order chi connectivity index (χ0) is 14.7. The van der Waals surface area contributed by atoms with Crippen molar-refractivity contribution < 1.29 is 14.3 Å². The van der Waals surface area contributed by atoms with Crippen LogP contribution in [0.4, 0.5) is 4.39 Å². The summed E-state index contributed by atoms with van der Waals surface area (Å²) in [6, 6.07) is 11.6. The fraction of sp³-hybridized carbons (Fsp3) is 0.188. The number of carboxylic acids is 1. The Labute approximate surface area is 121 Å². The first-order chi connectivity index (χ1) is 9.47. The molecule has 104 valence electrons. The third kappa shape index (κ3) is 3.36.